The van der Waals surface area contributed by atoms with E-state index in [9.17, 15) is 27.9 Å². The monoisotopic (exact) mass is 640 g/mol. The molecule has 3 aromatic rings. The first-order valence-corrected chi connectivity index (χ1v) is 15.6. The summed E-state index contributed by atoms with van der Waals surface area (Å²) in [5.41, 5.74) is 15.3. The van der Waals surface area contributed by atoms with E-state index in [4.69, 9.17) is 20.8 Å². The number of hydrogen-bond acceptors (Lipinski definition) is 8. The number of carbonyl (C=O) groups excluding carboxylic acids is 2. The van der Waals surface area contributed by atoms with Crippen LogP contribution in [0, 0.1) is 5.92 Å². The molecule has 1 aliphatic heterocycles. The smallest absolute Gasteiger partial charge is 0.306 e. The Morgan fingerprint density at radius 2 is 1.58 bits per heavy atom. The highest BCUT2D eigenvalue weighted by Gasteiger charge is 2.28. The highest BCUT2D eigenvalue weighted by atomic mass is 32.2. The number of carboxylic acids is 1. The van der Waals surface area contributed by atoms with Gasteiger partial charge in [0, 0.05) is 25.1 Å². The van der Waals surface area contributed by atoms with Crippen molar-refractivity contribution in [1.82, 2.24) is 15.8 Å². The topological polar surface area (TPSA) is 227 Å². The third-order valence-electron chi connectivity index (χ3n) is 6.44. The minimum Gasteiger partial charge on any atom is -0.481 e. The predicted octanol–water partition coefficient (Wildman–Crippen LogP) is 2.06. The molecule has 0 aromatic heterocycles. The van der Waals surface area contributed by atoms with Crippen molar-refractivity contribution in [2.75, 3.05) is 19.3 Å². The molecule has 1 saturated heterocycles. The summed E-state index contributed by atoms with van der Waals surface area (Å²) in [4.78, 5) is 41.7. The standard InChI is InChI=1S/C29H32N6O5.CH4O3S/c30-29(31)32-22-11-9-20(10-12-22)26(36)33-25(27(37)34-35-15-13-21(14-16-35)28(38)39)18-19-5-4-8-24(17-19)40-23-6-2-1-3-7-23;1-5(2,3)4/h1-12,17,21,25H,13-16,18H2,(H,33,36)(H,34,37)(H,38,39)(H4,30,31,32);1H3,(H,2,3,4). The fourth-order valence-corrected chi connectivity index (χ4v) is 4.36. The molecule has 14 nitrogen and oxygen atoms in total. The van der Waals surface area contributed by atoms with Crippen LogP contribution in [0.1, 0.15) is 28.8 Å². The largest absolute Gasteiger partial charge is 0.481 e. The van der Waals surface area contributed by atoms with Gasteiger partial charge in [0.15, 0.2) is 5.96 Å². The van der Waals surface area contributed by atoms with Crippen LogP contribution in [-0.4, -0.2) is 72.2 Å². The maximum atomic E-state index is 13.4. The van der Waals surface area contributed by atoms with Gasteiger partial charge in [0.1, 0.15) is 17.5 Å². The van der Waals surface area contributed by atoms with Crippen LogP contribution in [0.5, 0.6) is 11.5 Å². The first-order valence-electron chi connectivity index (χ1n) is 13.8. The number of aliphatic imine (C=N–C) groups is 1. The normalized spacial score (nSPS) is 14.2. The van der Waals surface area contributed by atoms with Crippen LogP contribution in [-0.2, 0) is 26.1 Å². The maximum absolute atomic E-state index is 13.4. The molecule has 1 fully saturated rings. The fourth-order valence-electron chi connectivity index (χ4n) is 4.36. The van der Waals surface area contributed by atoms with E-state index in [-0.39, 0.29) is 12.4 Å². The van der Waals surface area contributed by atoms with Gasteiger partial charge in [0.25, 0.3) is 21.9 Å². The van der Waals surface area contributed by atoms with Gasteiger partial charge in [-0.15, -0.1) is 0 Å². The van der Waals surface area contributed by atoms with Gasteiger partial charge in [-0.1, -0.05) is 30.3 Å². The van der Waals surface area contributed by atoms with Gasteiger partial charge in [0.05, 0.1) is 17.9 Å². The van der Waals surface area contributed by atoms with Crippen molar-refractivity contribution in [1.29, 1.82) is 0 Å². The Hall–Kier alpha value is -4.99. The van der Waals surface area contributed by atoms with Gasteiger partial charge in [-0.2, -0.15) is 8.42 Å². The molecule has 1 unspecified atom stereocenters. The zero-order chi connectivity index (χ0) is 33.0. The highest BCUT2D eigenvalue weighted by Crippen LogP contribution is 2.23. The minimum absolute atomic E-state index is 0.0974. The Morgan fingerprint density at radius 1 is 0.978 bits per heavy atom. The number of amides is 2. The molecule has 15 heteroatoms. The van der Waals surface area contributed by atoms with Crippen molar-refractivity contribution in [3.05, 3.63) is 90.0 Å². The summed E-state index contributed by atoms with van der Waals surface area (Å²) in [6, 6.07) is 22.0. The second-order valence-electron chi connectivity index (χ2n) is 10.2. The fraction of sp³-hybridized carbons (Fsp3) is 0.267. The SMILES string of the molecule is CS(=O)(=O)O.NC(N)=Nc1ccc(C(=O)NC(Cc2cccc(Oc3ccccc3)c2)C(=O)NN2CCC(C(=O)O)CC2)cc1. The van der Waals surface area contributed by atoms with Gasteiger partial charge in [0.2, 0.25) is 0 Å². The first kappa shape index (κ1) is 34.5. The van der Waals surface area contributed by atoms with Crippen molar-refractivity contribution >= 4 is 39.5 Å². The summed E-state index contributed by atoms with van der Waals surface area (Å²) in [6.07, 6.45) is 1.76. The van der Waals surface area contributed by atoms with Crippen molar-refractivity contribution in [2.24, 2.45) is 22.4 Å². The second kappa shape index (κ2) is 16.2. The second-order valence-corrected chi connectivity index (χ2v) is 11.7. The van der Waals surface area contributed by atoms with Crippen LogP contribution in [0.25, 0.3) is 0 Å². The molecule has 0 aliphatic carbocycles. The van der Waals surface area contributed by atoms with E-state index >= 15 is 0 Å². The van der Waals surface area contributed by atoms with E-state index in [1.54, 1.807) is 29.3 Å². The zero-order valence-corrected chi connectivity index (χ0v) is 25.3. The number of aliphatic carboxylic acids is 1. The Kier molecular flexibility index (Phi) is 12.4. The lowest BCUT2D eigenvalue weighted by Gasteiger charge is -2.31. The summed E-state index contributed by atoms with van der Waals surface area (Å²) in [7, 11) is -3.67. The molecule has 1 aliphatic rings. The average Bonchev–Trinajstić information content (AvgIpc) is 2.97. The van der Waals surface area contributed by atoms with Crippen LogP contribution in [0.2, 0.25) is 0 Å². The molecule has 240 valence electrons. The lowest BCUT2D eigenvalue weighted by Crippen LogP contribution is -2.55. The van der Waals surface area contributed by atoms with Crippen LogP contribution in [0.4, 0.5) is 5.69 Å². The van der Waals surface area contributed by atoms with Crippen LogP contribution < -0.4 is 26.9 Å². The molecule has 1 heterocycles. The lowest BCUT2D eigenvalue weighted by atomic mass is 9.98. The number of benzene rings is 3. The minimum atomic E-state index is -3.67. The third kappa shape index (κ3) is 12.6. The quantitative estimate of drug-likeness (QED) is 0.107. The number of hydrazine groups is 1. The van der Waals surface area contributed by atoms with E-state index < -0.39 is 39.9 Å². The van der Waals surface area contributed by atoms with Crippen LogP contribution >= 0.6 is 0 Å². The van der Waals surface area contributed by atoms with E-state index in [1.165, 1.54) is 0 Å². The van der Waals surface area contributed by atoms with Crippen LogP contribution in [0.3, 0.4) is 0 Å². The number of nitrogens with zero attached hydrogens (tertiary/aromatic N) is 2. The molecule has 0 spiro atoms. The number of guanidine groups is 1. The molecule has 0 radical (unpaired) electrons. The highest BCUT2D eigenvalue weighted by molar-refractivity contribution is 7.85. The Bertz CT molecular complexity index is 1580. The first-order chi connectivity index (χ1) is 21.3. The zero-order valence-electron chi connectivity index (χ0n) is 24.5. The molecular formula is C30H36N6O8S. The molecular weight excluding hydrogens is 604 g/mol. The van der Waals surface area contributed by atoms with Crippen molar-refractivity contribution in [3.8, 4) is 11.5 Å². The van der Waals surface area contributed by atoms with Crippen molar-refractivity contribution < 1.29 is 37.2 Å². The third-order valence-corrected chi connectivity index (χ3v) is 6.44. The number of nitrogens with two attached hydrogens (primary N) is 2. The molecule has 2 amide bonds. The Balaban J connectivity index is 0.00000102. The van der Waals surface area contributed by atoms with Gasteiger partial charge < -0.3 is 26.6 Å². The number of para-hydroxylation sites is 1. The predicted molar refractivity (Wildman–Crippen MR) is 167 cm³/mol. The number of rotatable bonds is 10. The summed E-state index contributed by atoms with van der Waals surface area (Å²) in [5.74, 6) is -0.944. The number of ether oxygens (including phenoxy) is 1. The molecule has 45 heavy (non-hydrogen) atoms. The number of piperidine rings is 1. The van der Waals surface area contributed by atoms with Crippen molar-refractivity contribution in [3.63, 3.8) is 0 Å². The van der Waals surface area contributed by atoms with E-state index in [0.717, 1.165) is 5.56 Å². The number of carbonyl (C=O) groups is 3. The molecule has 1 atom stereocenters. The molecule has 8 N–H and O–H groups in total. The van der Waals surface area contributed by atoms with E-state index in [2.05, 4.69) is 15.7 Å². The van der Waals surface area contributed by atoms with Gasteiger partial charge in [-0.25, -0.2) is 10.0 Å². The Morgan fingerprint density at radius 3 is 2.16 bits per heavy atom. The molecule has 0 bridgehead atoms. The number of hydrogen-bond donors (Lipinski definition) is 6. The summed E-state index contributed by atoms with van der Waals surface area (Å²) >= 11 is 0. The summed E-state index contributed by atoms with van der Waals surface area (Å²) in [5, 5.41) is 13.8. The molecule has 4 rings (SSSR count). The van der Waals surface area contributed by atoms with Gasteiger partial charge >= 0.3 is 5.97 Å². The van der Waals surface area contributed by atoms with Crippen molar-refractivity contribution in [2.45, 2.75) is 25.3 Å². The van der Waals surface area contributed by atoms with E-state index in [1.807, 2.05) is 54.6 Å². The molecule has 0 saturated carbocycles. The number of carboxylic acid groups (broad SMARTS) is 1. The maximum Gasteiger partial charge on any atom is 0.306 e. The van der Waals surface area contributed by atoms with Crippen LogP contribution in [0.15, 0.2) is 83.9 Å². The summed E-state index contributed by atoms with van der Waals surface area (Å²) in [6.45, 7) is 0.798. The lowest BCUT2D eigenvalue weighted by molar-refractivity contribution is -0.143. The van der Waals surface area contributed by atoms with Gasteiger partial charge in [-0.05, 0) is 66.9 Å². The van der Waals surface area contributed by atoms with Gasteiger partial charge in [-0.3, -0.25) is 24.4 Å². The van der Waals surface area contributed by atoms with E-state index in [0.29, 0.717) is 54.9 Å². The average molecular weight is 641 g/mol. The Labute approximate surface area is 260 Å². The number of nitrogens with one attached hydrogen (secondary N) is 2. The molecule has 3 aromatic carbocycles. The summed E-state index contributed by atoms with van der Waals surface area (Å²) < 4.78 is 31.8.